The molecule has 1 heterocycles. The summed E-state index contributed by atoms with van der Waals surface area (Å²) in [6.45, 7) is 0.487. The van der Waals surface area contributed by atoms with E-state index in [0.29, 0.717) is 11.7 Å². The number of nitrogens with one attached hydrogen (secondary N) is 2. The molecular weight excluding hydrogens is 282 g/mol. The lowest BCUT2D eigenvalue weighted by Gasteiger charge is -2.20. The molecule has 3 N–H and O–H groups in total. The van der Waals surface area contributed by atoms with Crippen molar-refractivity contribution >= 4 is 17.3 Å². The maximum Gasteiger partial charge on any atom is 0.166 e. The van der Waals surface area contributed by atoms with E-state index in [1.807, 2.05) is 36.4 Å². The summed E-state index contributed by atoms with van der Waals surface area (Å²) in [6, 6.07) is 16.0. The number of thiocarbonyl (C=S) groups is 1. The second kappa shape index (κ2) is 8.34. The lowest BCUT2D eigenvalue weighted by Crippen LogP contribution is -2.39. The van der Waals surface area contributed by atoms with E-state index in [1.54, 1.807) is 6.20 Å². The fourth-order valence-electron chi connectivity index (χ4n) is 2.04. The van der Waals surface area contributed by atoms with Crippen LogP contribution in [0.3, 0.4) is 0 Å². The molecule has 0 aliphatic carbocycles. The van der Waals surface area contributed by atoms with Crippen molar-refractivity contribution in [3.8, 4) is 0 Å². The van der Waals surface area contributed by atoms with E-state index in [2.05, 4.69) is 27.8 Å². The smallest absolute Gasteiger partial charge is 0.166 e. The van der Waals surface area contributed by atoms with Crippen LogP contribution < -0.4 is 10.6 Å². The van der Waals surface area contributed by atoms with Gasteiger partial charge in [-0.3, -0.25) is 4.98 Å². The Morgan fingerprint density at radius 1 is 1.14 bits per heavy atom. The maximum absolute atomic E-state index is 8.84. The van der Waals surface area contributed by atoms with Gasteiger partial charge in [0.2, 0.25) is 0 Å². The zero-order chi connectivity index (χ0) is 14.9. The van der Waals surface area contributed by atoms with Crippen LogP contribution in [0.15, 0.2) is 54.7 Å². The van der Waals surface area contributed by atoms with Gasteiger partial charge < -0.3 is 15.7 Å². The van der Waals surface area contributed by atoms with E-state index < -0.39 is 0 Å². The number of benzene rings is 1. The van der Waals surface area contributed by atoms with Crippen LogP contribution in [0, 0.1) is 0 Å². The molecule has 1 unspecified atom stereocenters. The quantitative estimate of drug-likeness (QED) is 0.711. The van der Waals surface area contributed by atoms with Crippen LogP contribution in [-0.4, -0.2) is 28.4 Å². The minimum absolute atomic E-state index is 0.00714. The molecule has 1 atom stereocenters. The Morgan fingerprint density at radius 3 is 2.57 bits per heavy atom. The van der Waals surface area contributed by atoms with Crippen LogP contribution in [0.1, 0.15) is 17.3 Å². The first-order valence-corrected chi connectivity index (χ1v) is 7.30. The predicted molar refractivity (Wildman–Crippen MR) is 87.9 cm³/mol. The average molecular weight is 301 g/mol. The largest absolute Gasteiger partial charge is 0.395 e. The zero-order valence-electron chi connectivity index (χ0n) is 11.7. The SMILES string of the molecule is OCCNC(=S)NC(Cc1ccccc1)c1ccccn1. The molecule has 2 rings (SSSR count). The first-order chi connectivity index (χ1) is 10.3. The molecular formula is C16H19N3OS. The molecule has 110 valence electrons. The summed E-state index contributed by atoms with van der Waals surface area (Å²) in [6.07, 6.45) is 2.57. The van der Waals surface area contributed by atoms with Gasteiger partial charge in [-0.1, -0.05) is 36.4 Å². The summed E-state index contributed by atoms with van der Waals surface area (Å²) < 4.78 is 0. The molecule has 21 heavy (non-hydrogen) atoms. The van der Waals surface area contributed by atoms with Crippen LogP contribution in [0.25, 0.3) is 0 Å². The van der Waals surface area contributed by atoms with E-state index in [1.165, 1.54) is 5.56 Å². The predicted octanol–water partition coefficient (Wildman–Crippen LogP) is 1.82. The van der Waals surface area contributed by atoms with E-state index in [9.17, 15) is 0 Å². The van der Waals surface area contributed by atoms with Crippen LogP contribution in [0.2, 0.25) is 0 Å². The highest BCUT2D eigenvalue weighted by Gasteiger charge is 2.14. The van der Waals surface area contributed by atoms with Crippen molar-refractivity contribution in [3.63, 3.8) is 0 Å². The number of hydrogen-bond acceptors (Lipinski definition) is 3. The Morgan fingerprint density at radius 2 is 1.90 bits per heavy atom. The highest BCUT2D eigenvalue weighted by molar-refractivity contribution is 7.80. The molecule has 0 aliphatic heterocycles. The van der Waals surface area contributed by atoms with E-state index in [0.717, 1.165) is 12.1 Å². The Bertz CT molecular complexity index is 548. The van der Waals surface area contributed by atoms with E-state index in [-0.39, 0.29) is 12.6 Å². The molecule has 1 aromatic heterocycles. The lowest BCUT2D eigenvalue weighted by atomic mass is 10.0. The summed E-state index contributed by atoms with van der Waals surface area (Å²) in [5.41, 5.74) is 2.15. The molecule has 4 nitrogen and oxygen atoms in total. The molecule has 5 heteroatoms. The molecule has 0 aliphatic rings. The van der Waals surface area contributed by atoms with Gasteiger partial charge in [-0.15, -0.1) is 0 Å². The maximum atomic E-state index is 8.84. The molecule has 2 aromatic rings. The molecule has 0 amide bonds. The molecule has 0 saturated carbocycles. The number of nitrogens with zero attached hydrogens (tertiary/aromatic N) is 1. The van der Waals surface area contributed by atoms with Gasteiger partial charge in [0, 0.05) is 12.7 Å². The van der Waals surface area contributed by atoms with Crippen molar-refractivity contribution in [1.29, 1.82) is 0 Å². The van der Waals surface area contributed by atoms with Crippen molar-refractivity contribution in [3.05, 3.63) is 66.0 Å². The second-order valence-electron chi connectivity index (χ2n) is 4.62. The summed E-state index contributed by atoms with van der Waals surface area (Å²) in [7, 11) is 0. The van der Waals surface area contributed by atoms with Crippen LogP contribution in [0.4, 0.5) is 0 Å². The summed E-state index contributed by atoms with van der Waals surface area (Å²) >= 11 is 5.25. The van der Waals surface area contributed by atoms with Gasteiger partial charge in [0.15, 0.2) is 5.11 Å². The van der Waals surface area contributed by atoms with Crippen molar-refractivity contribution in [2.24, 2.45) is 0 Å². The molecule has 0 bridgehead atoms. The Hall–Kier alpha value is -1.98. The van der Waals surface area contributed by atoms with Crippen molar-refractivity contribution in [2.75, 3.05) is 13.2 Å². The first-order valence-electron chi connectivity index (χ1n) is 6.89. The molecule has 0 fully saturated rings. The number of hydrogen-bond donors (Lipinski definition) is 3. The van der Waals surface area contributed by atoms with Crippen LogP contribution in [-0.2, 0) is 6.42 Å². The monoisotopic (exact) mass is 301 g/mol. The van der Waals surface area contributed by atoms with Gasteiger partial charge in [-0.25, -0.2) is 0 Å². The summed E-state index contributed by atoms with van der Waals surface area (Å²) in [4.78, 5) is 4.41. The normalized spacial score (nSPS) is 11.7. The van der Waals surface area contributed by atoms with Gasteiger partial charge in [-0.2, -0.15) is 0 Å². The molecule has 1 aromatic carbocycles. The Kier molecular flexibility index (Phi) is 6.12. The second-order valence-corrected chi connectivity index (χ2v) is 5.03. The summed E-state index contributed by atoms with van der Waals surface area (Å²) in [5, 5.41) is 15.6. The van der Waals surface area contributed by atoms with Gasteiger partial charge in [0.1, 0.15) is 0 Å². The Balaban J connectivity index is 2.09. The third-order valence-corrected chi connectivity index (χ3v) is 3.29. The van der Waals surface area contributed by atoms with Gasteiger partial charge in [0.25, 0.3) is 0 Å². The van der Waals surface area contributed by atoms with E-state index in [4.69, 9.17) is 17.3 Å². The molecule has 0 radical (unpaired) electrons. The van der Waals surface area contributed by atoms with Gasteiger partial charge in [0.05, 0.1) is 18.3 Å². The Labute approximate surface area is 130 Å². The van der Waals surface area contributed by atoms with Crippen LogP contribution in [0.5, 0.6) is 0 Å². The van der Waals surface area contributed by atoms with Crippen molar-refractivity contribution in [2.45, 2.75) is 12.5 Å². The van der Waals surface area contributed by atoms with Crippen molar-refractivity contribution in [1.82, 2.24) is 15.6 Å². The third kappa shape index (κ3) is 5.13. The highest BCUT2D eigenvalue weighted by atomic mass is 32.1. The lowest BCUT2D eigenvalue weighted by molar-refractivity contribution is 0.300. The highest BCUT2D eigenvalue weighted by Crippen LogP contribution is 2.16. The van der Waals surface area contributed by atoms with Gasteiger partial charge >= 0.3 is 0 Å². The fourth-order valence-corrected chi connectivity index (χ4v) is 2.28. The number of aliphatic hydroxyl groups excluding tert-OH is 1. The molecule has 0 saturated heterocycles. The minimum atomic E-state index is -0.00714. The minimum Gasteiger partial charge on any atom is -0.395 e. The van der Waals surface area contributed by atoms with Crippen molar-refractivity contribution < 1.29 is 5.11 Å². The number of aliphatic hydroxyl groups is 1. The molecule has 0 spiro atoms. The van der Waals surface area contributed by atoms with Crippen LogP contribution >= 0.6 is 12.2 Å². The first kappa shape index (κ1) is 15.4. The zero-order valence-corrected chi connectivity index (χ0v) is 12.5. The topological polar surface area (TPSA) is 57.2 Å². The van der Waals surface area contributed by atoms with E-state index >= 15 is 0 Å². The average Bonchev–Trinajstić information content (AvgIpc) is 2.54. The number of pyridine rings is 1. The number of rotatable bonds is 6. The fraction of sp³-hybridized carbons (Fsp3) is 0.250. The summed E-state index contributed by atoms with van der Waals surface area (Å²) in [5.74, 6) is 0. The third-order valence-electron chi connectivity index (χ3n) is 3.03. The van der Waals surface area contributed by atoms with Gasteiger partial charge in [-0.05, 0) is 36.3 Å². The standard InChI is InChI=1S/C16H19N3OS/c20-11-10-18-16(21)19-15(14-8-4-5-9-17-14)12-13-6-2-1-3-7-13/h1-9,15,20H,10-12H2,(H2,18,19,21). The number of aromatic nitrogens is 1.